The highest BCUT2D eigenvalue weighted by Gasteiger charge is 2.27. The SMILES string of the molecule is O=C(O)CC1c2ccccc2Sc2ccc(Cl)cc21. The van der Waals surface area contributed by atoms with Gasteiger partial charge in [-0.15, -0.1) is 0 Å². The second kappa shape index (κ2) is 4.91. The number of fused-ring (bicyclic) bond motifs is 2. The molecule has 0 aromatic heterocycles. The van der Waals surface area contributed by atoms with Gasteiger partial charge in [-0.05, 0) is 35.4 Å². The number of halogens is 1. The molecule has 2 nitrogen and oxygen atoms in total. The van der Waals surface area contributed by atoms with Crippen molar-refractivity contribution < 1.29 is 9.90 Å². The van der Waals surface area contributed by atoms with Crippen molar-refractivity contribution in [3.63, 3.8) is 0 Å². The minimum absolute atomic E-state index is 0.0882. The van der Waals surface area contributed by atoms with Crippen molar-refractivity contribution >= 4 is 29.3 Å². The molecule has 2 aromatic rings. The van der Waals surface area contributed by atoms with Crippen molar-refractivity contribution in [1.82, 2.24) is 0 Å². The van der Waals surface area contributed by atoms with E-state index in [2.05, 4.69) is 0 Å². The summed E-state index contributed by atoms with van der Waals surface area (Å²) in [5.74, 6) is -0.915. The van der Waals surface area contributed by atoms with Crippen molar-refractivity contribution in [3.05, 3.63) is 58.6 Å². The summed E-state index contributed by atoms with van der Waals surface area (Å²) in [6.45, 7) is 0. The summed E-state index contributed by atoms with van der Waals surface area (Å²) in [7, 11) is 0. The largest absolute Gasteiger partial charge is 0.481 e. The van der Waals surface area contributed by atoms with Crippen LogP contribution in [0.3, 0.4) is 0 Å². The van der Waals surface area contributed by atoms with E-state index in [1.165, 1.54) is 0 Å². The molecule has 4 heteroatoms. The Morgan fingerprint density at radius 2 is 1.89 bits per heavy atom. The maximum Gasteiger partial charge on any atom is 0.304 e. The summed E-state index contributed by atoms with van der Waals surface area (Å²) in [4.78, 5) is 13.4. The van der Waals surface area contributed by atoms with Crippen LogP contribution in [0.4, 0.5) is 0 Å². The Balaban J connectivity index is 2.16. The van der Waals surface area contributed by atoms with Crippen molar-refractivity contribution in [2.75, 3.05) is 0 Å². The van der Waals surface area contributed by atoms with E-state index in [0.29, 0.717) is 5.02 Å². The third-order valence-electron chi connectivity index (χ3n) is 3.24. The smallest absolute Gasteiger partial charge is 0.304 e. The van der Waals surface area contributed by atoms with Crippen LogP contribution in [-0.2, 0) is 4.79 Å². The Kier molecular flexibility index (Phi) is 3.25. The van der Waals surface area contributed by atoms with Gasteiger partial charge in [0.15, 0.2) is 0 Å². The van der Waals surface area contributed by atoms with E-state index in [1.807, 2.05) is 42.5 Å². The zero-order valence-corrected chi connectivity index (χ0v) is 11.5. The van der Waals surface area contributed by atoms with Crippen molar-refractivity contribution in [1.29, 1.82) is 0 Å². The number of rotatable bonds is 2. The summed E-state index contributed by atoms with van der Waals surface area (Å²) in [6.07, 6.45) is 0.0882. The van der Waals surface area contributed by atoms with Gasteiger partial charge in [-0.2, -0.15) is 0 Å². The van der Waals surface area contributed by atoms with Crippen LogP contribution in [-0.4, -0.2) is 11.1 Å². The molecule has 0 saturated heterocycles. The highest BCUT2D eigenvalue weighted by Crippen LogP contribution is 2.47. The second-order valence-corrected chi connectivity index (χ2v) is 5.99. The molecular formula is C15H11ClO2S. The van der Waals surface area contributed by atoms with Crippen LogP contribution < -0.4 is 0 Å². The molecule has 1 N–H and O–H groups in total. The monoisotopic (exact) mass is 290 g/mol. The summed E-state index contributed by atoms with van der Waals surface area (Å²) in [5, 5.41) is 9.79. The van der Waals surface area contributed by atoms with Gasteiger partial charge in [0.25, 0.3) is 0 Å². The molecule has 0 spiro atoms. The Morgan fingerprint density at radius 3 is 2.68 bits per heavy atom. The number of aliphatic carboxylic acids is 1. The Hall–Kier alpha value is -1.45. The lowest BCUT2D eigenvalue weighted by molar-refractivity contribution is -0.137. The first-order valence-corrected chi connectivity index (χ1v) is 7.12. The molecule has 0 saturated carbocycles. The van der Waals surface area contributed by atoms with Gasteiger partial charge in [0.1, 0.15) is 0 Å². The van der Waals surface area contributed by atoms with Gasteiger partial charge < -0.3 is 5.11 Å². The molecular weight excluding hydrogens is 280 g/mol. The molecule has 3 rings (SSSR count). The minimum atomic E-state index is -0.794. The number of carbonyl (C=O) groups is 1. The molecule has 1 aliphatic rings. The van der Waals surface area contributed by atoms with Crippen molar-refractivity contribution in [3.8, 4) is 0 Å². The predicted molar refractivity (Wildman–Crippen MR) is 76.1 cm³/mol. The van der Waals surface area contributed by atoms with E-state index in [4.69, 9.17) is 16.7 Å². The number of hydrogen-bond donors (Lipinski definition) is 1. The Labute approximate surface area is 120 Å². The summed E-state index contributed by atoms with van der Waals surface area (Å²) in [5.41, 5.74) is 2.09. The van der Waals surface area contributed by atoms with Crippen LogP contribution in [0, 0.1) is 0 Å². The van der Waals surface area contributed by atoms with E-state index < -0.39 is 5.97 Å². The van der Waals surface area contributed by atoms with Gasteiger partial charge in [-0.3, -0.25) is 4.79 Å². The van der Waals surface area contributed by atoms with E-state index in [1.54, 1.807) is 11.8 Å². The minimum Gasteiger partial charge on any atom is -0.481 e. The number of hydrogen-bond acceptors (Lipinski definition) is 2. The molecule has 2 aromatic carbocycles. The molecule has 1 aliphatic heterocycles. The summed E-state index contributed by atoms with van der Waals surface area (Å²) < 4.78 is 0. The average Bonchev–Trinajstić information content (AvgIpc) is 2.39. The molecule has 1 unspecified atom stereocenters. The lowest BCUT2D eigenvalue weighted by Gasteiger charge is -2.27. The predicted octanol–water partition coefficient (Wildman–Crippen LogP) is 4.41. The zero-order valence-electron chi connectivity index (χ0n) is 9.97. The third kappa shape index (κ3) is 2.36. The number of carboxylic acids is 1. The van der Waals surface area contributed by atoms with Gasteiger partial charge in [0, 0.05) is 20.7 Å². The van der Waals surface area contributed by atoms with Crippen molar-refractivity contribution in [2.45, 2.75) is 22.1 Å². The molecule has 0 aliphatic carbocycles. The maximum atomic E-state index is 11.1. The lowest BCUT2D eigenvalue weighted by atomic mass is 9.88. The molecule has 0 bridgehead atoms. The van der Waals surface area contributed by atoms with Crippen molar-refractivity contribution in [2.24, 2.45) is 0 Å². The van der Waals surface area contributed by atoms with Gasteiger partial charge >= 0.3 is 5.97 Å². The topological polar surface area (TPSA) is 37.3 Å². The number of carboxylic acid groups (broad SMARTS) is 1. The molecule has 0 fully saturated rings. The lowest BCUT2D eigenvalue weighted by Crippen LogP contribution is -2.12. The summed E-state index contributed by atoms with van der Waals surface area (Å²) in [6, 6.07) is 13.7. The Morgan fingerprint density at radius 1 is 1.16 bits per heavy atom. The van der Waals surface area contributed by atoms with Crippen LogP contribution >= 0.6 is 23.4 Å². The average molecular weight is 291 g/mol. The first kappa shape index (κ1) is 12.6. The first-order chi connectivity index (χ1) is 9.15. The fraction of sp³-hybridized carbons (Fsp3) is 0.133. The van der Waals surface area contributed by atoms with Crippen LogP contribution in [0.15, 0.2) is 52.3 Å². The summed E-state index contributed by atoms with van der Waals surface area (Å²) >= 11 is 7.72. The molecule has 0 radical (unpaired) electrons. The van der Waals surface area contributed by atoms with E-state index in [-0.39, 0.29) is 12.3 Å². The van der Waals surface area contributed by atoms with Gasteiger partial charge in [-0.1, -0.05) is 41.6 Å². The Bertz CT molecular complexity index is 654. The van der Waals surface area contributed by atoms with E-state index >= 15 is 0 Å². The van der Waals surface area contributed by atoms with E-state index in [0.717, 1.165) is 20.9 Å². The maximum absolute atomic E-state index is 11.1. The normalized spacial score (nSPS) is 16.6. The van der Waals surface area contributed by atoms with Crippen LogP contribution in [0.5, 0.6) is 0 Å². The number of benzene rings is 2. The van der Waals surface area contributed by atoms with Crippen LogP contribution in [0.25, 0.3) is 0 Å². The molecule has 96 valence electrons. The highest BCUT2D eigenvalue weighted by atomic mass is 35.5. The quantitative estimate of drug-likeness (QED) is 0.890. The van der Waals surface area contributed by atoms with E-state index in [9.17, 15) is 4.79 Å². The molecule has 1 heterocycles. The van der Waals surface area contributed by atoms with Crippen LogP contribution in [0.1, 0.15) is 23.5 Å². The van der Waals surface area contributed by atoms with Gasteiger partial charge in [0.2, 0.25) is 0 Å². The standard InChI is InChI=1S/C15H11ClO2S/c16-9-5-6-14-12(7-9)11(8-15(17)18)10-3-1-2-4-13(10)19-14/h1-7,11H,8H2,(H,17,18). The molecule has 1 atom stereocenters. The second-order valence-electron chi connectivity index (χ2n) is 4.47. The zero-order chi connectivity index (χ0) is 13.4. The van der Waals surface area contributed by atoms with Gasteiger partial charge in [-0.25, -0.2) is 0 Å². The fourth-order valence-electron chi connectivity index (χ4n) is 2.43. The fourth-order valence-corrected chi connectivity index (χ4v) is 3.77. The van der Waals surface area contributed by atoms with Gasteiger partial charge in [0.05, 0.1) is 6.42 Å². The highest BCUT2D eigenvalue weighted by molar-refractivity contribution is 7.99. The molecule has 0 amide bonds. The van der Waals surface area contributed by atoms with Crippen LogP contribution in [0.2, 0.25) is 5.02 Å². The molecule has 19 heavy (non-hydrogen) atoms. The first-order valence-electron chi connectivity index (χ1n) is 5.93. The third-order valence-corrected chi connectivity index (χ3v) is 4.66.